The molecule has 2 aliphatic rings. The number of piperidine rings is 1. The van der Waals surface area contributed by atoms with E-state index in [9.17, 15) is 22.8 Å². The second-order valence-electron chi connectivity index (χ2n) is 7.69. The minimum absolute atomic E-state index is 0.147. The molecular formula is C23H20N2O6S. The van der Waals surface area contributed by atoms with Crippen molar-refractivity contribution in [2.24, 2.45) is 0 Å². The lowest BCUT2D eigenvalue weighted by molar-refractivity contribution is -0.136. The van der Waals surface area contributed by atoms with Gasteiger partial charge >= 0.3 is 0 Å². The molecule has 0 saturated carbocycles. The largest absolute Gasteiger partial charge is 0.322 e. The number of rotatable bonds is 4. The second kappa shape index (κ2) is 8.57. The summed E-state index contributed by atoms with van der Waals surface area (Å²) in [4.78, 5) is 37.6. The number of nitrogens with one attached hydrogen (secondary N) is 1. The number of aryl methyl sites for hydroxylation is 1. The molecule has 0 aromatic heterocycles. The zero-order valence-electron chi connectivity index (χ0n) is 17.0. The standard InChI is InChI=1S/C23H20N2O6S/c26-21-12-11-20(22(27)24-21)25-14-17-13-16(7-10-19(17)23(25)28)4-2-1-3-15-5-8-18(9-6-15)32(29,30)31/h5-10,13,20H,1,3,11-12,14H2,(H,24,26,27)(H,29,30,31). The average Bonchev–Trinajstić information content (AvgIpc) is 3.06. The summed E-state index contributed by atoms with van der Waals surface area (Å²) in [6.07, 6.45) is 1.70. The molecule has 0 bridgehead atoms. The van der Waals surface area contributed by atoms with E-state index in [1.54, 1.807) is 24.3 Å². The topological polar surface area (TPSA) is 121 Å². The van der Waals surface area contributed by atoms with Crippen LogP contribution in [0.1, 0.15) is 46.3 Å². The Balaban J connectivity index is 1.39. The molecule has 2 aliphatic heterocycles. The van der Waals surface area contributed by atoms with Crippen molar-refractivity contribution in [3.05, 3.63) is 64.7 Å². The van der Waals surface area contributed by atoms with Crippen molar-refractivity contribution in [3.8, 4) is 11.8 Å². The second-order valence-corrected chi connectivity index (χ2v) is 9.11. The van der Waals surface area contributed by atoms with E-state index in [2.05, 4.69) is 17.2 Å². The first-order chi connectivity index (χ1) is 15.2. The Kier molecular flexibility index (Phi) is 5.82. The highest BCUT2D eigenvalue weighted by molar-refractivity contribution is 7.85. The van der Waals surface area contributed by atoms with Gasteiger partial charge in [-0.25, -0.2) is 0 Å². The molecule has 1 unspecified atom stereocenters. The smallest absolute Gasteiger partial charge is 0.294 e. The summed E-state index contributed by atoms with van der Waals surface area (Å²) >= 11 is 0. The van der Waals surface area contributed by atoms with Crippen molar-refractivity contribution >= 4 is 27.8 Å². The summed E-state index contributed by atoms with van der Waals surface area (Å²) in [5, 5.41) is 2.29. The molecule has 4 rings (SSSR count). The van der Waals surface area contributed by atoms with Gasteiger partial charge in [0.2, 0.25) is 11.8 Å². The molecule has 9 heteroatoms. The average molecular weight is 452 g/mol. The third kappa shape index (κ3) is 4.56. The molecule has 3 amide bonds. The molecule has 1 fully saturated rings. The Hall–Kier alpha value is -3.48. The molecule has 0 spiro atoms. The van der Waals surface area contributed by atoms with Crippen LogP contribution in [0, 0.1) is 11.8 Å². The predicted molar refractivity (Wildman–Crippen MR) is 114 cm³/mol. The summed E-state index contributed by atoms with van der Waals surface area (Å²) in [6, 6.07) is 10.6. The van der Waals surface area contributed by atoms with Crippen molar-refractivity contribution in [2.45, 2.75) is 43.2 Å². The first-order valence-corrected chi connectivity index (χ1v) is 11.5. The van der Waals surface area contributed by atoms with Crippen LogP contribution in [-0.4, -0.2) is 41.6 Å². The van der Waals surface area contributed by atoms with E-state index in [1.165, 1.54) is 17.0 Å². The lowest BCUT2D eigenvalue weighted by Crippen LogP contribution is -2.52. The van der Waals surface area contributed by atoms with E-state index in [-0.39, 0.29) is 23.1 Å². The molecule has 0 aliphatic carbocycles. The Bertz CT molecular complexity index is 1270. The van der Waals surface area contributed by atoms with E-state index in [1.807, 2.05) is 6.07 Å². The number of imide groups is 1. The Morgan fingerprint density at radius 3 is 2.53 bits per heavy atom. The Labute approximate surface area is 185 Å². The number of hydrogen-bond acceptors (Lipinski definition) is 5. The molecule has 8 nitrogen and oxygen atoms in total. The van der Waals surface area contributed by atoms with E-state index in [4.69, 9.17) is 4.55 Å². The fourth-order valence-electron chi connectivity index (χ4n) is 3.85. The highest BCUT2D eigenvalue weighted by atomic mass is 32.2. The molecule has 1 atom stereocenters. The van der Waals surface area contributed by atoms with Gasteiger partial charge in [-0.2, -0.15) is 8.42 Å². The van der Waals surface area contributed by atoms with Crippen LogP contribution >= 0.6 is 0 Å². The molecular weight excluding hydrogens is 432 g/mol. The maximum Gasteiger partial charge on any atom is 0.294 e. The highest BCUT2D eigenvalue weighted by Gasteiger charge is 2.38. The number of amides is 3. The third-order valence-corrected chi connectivity index (χ3v) is 6.38. The normalized spacial score (nSPS) is 18.1. The van der Waals surface area contributed by atoms with Gasteiger partial charge in [0.1, 0.15) is 6.04 Å². The van der Waals surface area contributed by atoms with Crippen LogP contribution in [0.15, 0.2) is 47.4 Å². The van der Waals surface area contributed by atoms with Gasteiger partial charge in [-0.05, 0) is 54.3 Å². The minimum Gasteiger partial charge on any atom is -0.322 e. The SMILES string of the molecule is O=C1CCC(N2Cc3cc(C#CCCc4ccc(S(=O)(=O)O)cc4)ccc3C2=O)C(=O)N1. The summed E-state index contributed by atoms with van der Waals surface area (Å²) in [5.74, 6) is 5.16. The van der Waals surface area contributed by atoms with Crippen LogP contribution in [0.5, 0.6) is 0 Å². The molecule has 2 aromatic rings. The van der Waals surface area contributed by atoms with E-state index >= 15 is 0 Å². The maximum atomic E-state index is 12.7. The van der Waals surface area contributed by atoms with Crippen LogP contribution in [-0.2, 0) is 32.7 Å². The number of nitrogens with zero attached hydrogens (tertiary/aromatic N) is 1. The molecule has 0 radical (unpaired) electrons. The number of fused-ring (bicyclic) bond motifs is 1. The first-order valence-electron chi connectivity index (χ1n) is 10.1. The lowest BCUT2D eigenvalue weighted by Gasteiger charge is -2.29. The van der Waals surface area contributed by atoms with Gasteiger partial charge in [-0.1, -0.05) is 24.0 Å². The van der Waals surface area contributed by atoms with Gasteiger partial charge in [0.05, 0.1) is 4.90 Å². The van der Waals surface area contributed by atoms with Crippen molar-refractivity contribution in [1.29, 1.82) is 0 Å². The van der Waals surface area contributed by atoms with E-state index in [0.29, 0.717) is 31.4 Å². The van der Waals surface area contributed by atoms with Crippen LogP contribution in [0.2, 0.25) is 0 Å². The Morgan fingerprint density at radius 2 is 1.84 bits per heavy atom. The van der Waals surface area contributed by atoms with Crippen LogP contribution in [0.3, 0.4) is 0 Å². The molecule has 32 heavy (non-hydrogen) atoms. The van der Waals surface area contributed by atoms with Crippen LogP contribution < -0.4 is 5.32 Å². The minimum atomic E-state index is -4.20. The quantitative estimate of drug-likeness (QED) is 0.414. The van der Waals surface area contributed by atoms with Crippen LogP contribution in [0.4, 0.5) is 0 Å². The first kappa shape index (κ1) is 21.7. The molecule has 2 heterocycles. The zero-order chi connectivity index (χ0) is 22.9. The molecule has 2 aromatic carbocycles. The summed E-state index contributed by atoms with van der Waals surface area (Å²) < 4.78 is 31.2. The van der Waals surface area contributed by atoms with Crippen molar-refractivity contribution in [2.75, 3.05) is 0 Å². The van der Waals surface area contributed by atoms with Crippen molar-refractivity contribution in [1.82, 2.24) is 10.2 Å². The summed E-state index contributed by atoms with van der Waals surface area (Å²) in [7, 11) is -4.20. The molecule has 2 N–H and O–H groups in total. The molecule has 164 valence electrons. The van der Waals surface area contributed by atoms with Gasteiger partial charge in [0, 0.05) is 30.5 Å². The van der Waals surface area contributed by atoms with Gasteiger partial charge in [-0.15, -0.1) is 0 Å². The fraction of sp³-hybridized carbons (Fsp3) is 0.261. The Morgan fingerprint density at radius 1 is 1.09 bits per heavy atom. The van der Waals surface area contributed by atoms with Gasteiger partial charge in [0.25, 0.3) is 16.0 Å². The zero-order valence-corrected chi connectivity index (χ0v) is 17.8. The van der Waals surface area contributed by atoms with Crippen molar-refractivity contribution < 1.29 is 27.4 Å². The summed E-state index contributed by atoms with van der Waals surface area (Å²) in [6.45, 7) is 0.302. The van der Waals surface area contributed by atoms with Crippen LogP contribution in [0.25, 0.3) is 0 Å². The summed E-state index contributed by atoms with van der Waals surface area (Å²) in [5.41, 5.74) is 2.99. The number of carbonyl (C=O) groups excluding carboxylic acids is 3. The van der Waals surface area contributed by atoms with Crippen molar-refractivity contribution in [3.63, 3.8) is 0 Å². The maximum absolute atomic E-state index is 12.7. The number of benzene rings is 2. The number of hydrogen-bond donors (Lipinski definition) is 2. The third-order valence-electron chi connectivity index (χ3n) is 5.52. The fourth-order valence-corrected chi connectivity index (χ4v) is 4.33. The van der Waals surface area contributed by atoms with Gasteiger partial charge < -0.3 is 4.90 Å². The lowest BCUT2D eigenvalue weighted by atomic mass is 10.0. The molecule has 1 saturated heterocycles. The highest BCUT2D eigenvalue weighted by Crippen LogP contribution is 2.28. The van der Waals surface area contributed by atoms with E-state index < -0.39 is 22.1 Å². The number of carbonyl (C=O) groups is 3. The van der Waals surface area contributed by atoms with Gasteiger partial charge in [0.15, 0.2) is 0 Å². The van der Waals surface area contributed by atoms with Gasteiger partial charge in [-0.3, -0.25) is 24.3 Å². The van der Waals surface area contributed by atoms with E-state index in [0.717, 1.165) is 16.7 Å². The monoisotopic (exact) mass is 452 g/mol. The predicted octanol–water partition coefficient (Wildman–Crippen LogP) is 1.68.